The van der Waals surface area contributed by atoms with Crippen molar-refractivity contribution in [2.45, 2.75) is 38.5 Å². The van der Waals surface area contributed by atoms with Gasteiger partial charge in [-0.2, -0.15) is 0 Å². The molecule has 9 rings (SSSR count). The van der Waals surface area contributed by atoms with Crippen LogP contribution >= 0.6 is 0 Å². The van der Waals surface area contributed by atoms with Crippen LogP contribution in [0.4, 0.5) is 0 Å². The summed E-state index contributed by atoms with van der Waals surface area (Å²) in [5, 5.41) is 5.16. The van der Waals surface area contributed by atoms with E-state index in [0.29, 0.717) is 0 Å². The summed E-state index contributed by atoms with van der Waals surface area (Å²) in [5.74, 6) is 3.76. The van der Waals surface area contributed by atoms with Crippen molar-refractivity contribution in [1.82, 2.24) is 0 Å². The molecule has 51 heavy (non-hydrogen) atoms. The molecule has 7 aromatic rings. The second-order valence-electron chi connectivity index (χ2n) is 14.9. The largest absolute Gasteiger partial charge is 0.457 e. The molecule has 0 aromatic heterocycles. The van der Waals surface area contributed by atoms with Crippen LogP contribution in [-0.2, 0) is 10.8 Å². The monoisotopic (exact) mass is 676 g/mol. The van der Waals surface area contributed by atoms with E-state index in [2.05, 4.69) is 198 Å². The standard InChI is InChI=1S/C48H40O2Si/c1-47(2)38-25-11-13-29-42(38)49-45-37(24-16-27-40(45)47)33-18-15-23-36(32-33)51(34-19-7-5-8-20-34,35-21-9-6-10-22-35)44-31-17-28-41-46(44)50-43-30-14-12-26-39(43)48(41,3)4/h5-32H,1-4H3. The smallest absolute Gasteiger partial charge is 0.184 e. The van der Waals surface area contributed by atoms with E-state index in [-0.39, 0.29) is 10.8 Å². The molecule has 0 N–H and O–H groups in total. The molecular formula is C48H40O2Si. The van der Waals surface area contributed by atoms with Crippen LogP contribution in [0.5, 0.6) is 23.0 Å². The summed E-state index contributed by atoms with van der Waals surface area (Å²) in [6.45, 7) is 9.25. The Bertz CT molecular complexity index is 2390. The minimum atomic E-state index is -3.01. The van der Waals surface area contributed by atoms with Crippen LogP contribution < -0.4 is 30.2 Å². The van der Waals surface area contributed by atoms with Gasteiger partial charge in [0.15, 0.2) is 8.07 Å². The van der Waals surface area contributed by atoms with Gasteiger partial charge < -0.3 is 9.47 Å². The first kappa shape index (κ1) is 31.3. The van der Waals surface area contributed by atoms with Crippen LogP contribution in [-0.4, -0.2) is 8.07 Å². The summed E-state index contributed by atoms with van der Waals surface area (Å²) in [4.78, 5) is 0. The second kappa shape index (κ2) is 11.7. The summed E-state index contributed by atoms with van der Waals surface area (Å²) in [5.41, 5.74) is 6.63. The molecule has 0 aliphatic carbocycles. The van der Waals surface area contributed by atoms with Crippen molar-refractivity contribution in [3.63, 3.8) is 0 Å². The third kappa shape index (κ3) is 4.68. The molecule has 248 valence electrons. The summed E-state index contributed by atoms with van der Waals surface area (Å²) < 4.78 is 13.9. The SMILES string of the molecule is CC1(C)c2ccccc2Oc2c(-c3cccc([Si](c4ccccc4)(c4ccccc4)c4cccc5c4Oc4ccccc4C5(C)C)c3)cccc21. The molecule has 0 radical (unpaired) electrons. The van der Waals surface area contributed by atoms with E-state index in [1.165, 1.54) is 43.0 Å². The van der Waals surface area contributed by atoms with Crippen LogP contribution in [0.1, 0.15) is 49.9 Å². The van der Waals surface area contributed by atoms with Crippen molar-refractivity contribution in [2.24, 2.45) is 0 Å². The normalized spacial score (nSPS) is 14.9. The van der Waals surface area contributed by atoms with Crippen LogP contribution in [0.3, 0.4) is 0 Å². The fourth-order valence-electron chi connectivity index (χ4n) is 8.72. The van der Waals surface area contributed by atoms with E-state index < -0.39 is 8.07 Å². The van der Waals surface area contributed by atoms with Gasteiger partial charge in [0.2, 0.25) is 0 Å². The van der Waals surface area contributed by atoms with E-state index in [1.54, 1.807) is 0 Å². The molecule has 2 aliphatic heterocycles. The number of benzene rings is 7. The Morgan fingerprint density at radius 3 is 1.45 bits per heavy atom. The fraction of sp³-hybridized carbons (Fsp3) is 0.125. The first-order chi connectivity index (χ1) is 24.8. The zero-order valence-corrected chi connectivity index (χ0v) is 30.5. The van der Waals surface area contributed by atoms with Gasteiger partial charge in [-0.25, -0.2) is 0 Å². The Labute approximate surface area is 302 Å². The third-order valence-electron chi connectivity index (χ3n) is 11.3. The highest BCUT2D eigenvalue weighted by atomic mass is 28.3. The van der Waals surface area contributed by atoms with Gasteiger partial charge in [-0.3, -0.25) is 0 Å². The van der Waals surface area contributed by atoms with Gasteiger partial charge in [0, 0.05) is 38.6 Å². The maximum Gasteiger partial charge on any atom is 0.184 e. The van der Waals surface area contributed by atoms with E-state index in [0.717, 1.165) is 34.1 Å². The molecule has 0 spiro atoms. The average Bonchev–Trinajstić information content (AvgIpc) is 3.16. The molecule has 0 fully saturated rings. The number of fused-ring (bicyclic) bond motifs is 4. The van der Waals surface area contributed by atoms with Crippen LogP contribution in [0.2, 0.25) is 0 Å². The van der Waals surface area contributed by atoms with Crippen molar-refractivity contribution < 1.29 is 9.47 Å². The molecule has 2 heterocycles. The van der Waals surface area contributed by atoms with Crippen molar-refractivity contribution in [1.29, 1.82) is 0 Å². The third-order valence-corrected chi connectivity index (χ3v) is 16.1. The molecule has 0 amide bonds. The highest BCUT2D eigenvalue weighted by Gasteiger charge is 2.47. The highest BCUT2D eigenvalue weighted by Crippen LogP contribution is 2.51. The molecule has 0 saturated heterocycles. The number of ether oxygens (including phenoxy) is 2. The summed E-state index contributed by atoms with van der Waals surface area (Å²) in [6.07, 6.45) is 0. The molecule has 2 nitrogen and oxygen atoms in total. The van der Waals surface area contributed by atoms with Gasteiger partial charge in [0.25, 0.3) is 0 Å². The van der Waals surface area contributed by atoms with Gasteiger partial charge in [-0.05, 0) is 38.4 Å². The number of hydrogen-bond acceptors (Lipinski definition) is 2. The topological polar surface area (TPSA) is 18.5 Å². The predicted octanol–water partition coefficient (Wildman–Crippen LogP) is 9.59. The molecule has 0 atom stereocenters. The van der Waals surface area contributed by atoms with Gasteiger partial charge in [0.05, 0.1) is 0 Å². The minimum Gasteiger partial charge on any atom is -0.457 e. The van der Waals surface area contributed by atoms with Gasteiger partial charge >= 0.3 is 0 Å². The molecule has 0 saturated carbocycles. The Balaban J connectivity index is 1.33. The first-order valence-electron chi connectivity index (χ1n) is 17.9. The fourth-order valence-corrected chi connectivity index (χ4v) is 13.6. The lowest BCUT2D eigenvalue weighted by Gasteiger charge is -2.40. The second-order valence-corrected chi connectivity index (χ2v) is 18.6. The van der Waals surface area contributed by atoms with Crippen molar-refractivity contribution in [2.75, 3.05) is 0 Å². The summed E-state index contributed by atoms with van der Waals surface area (Å²) in [7, 11) is -3.01. The van der Waals surface area contributed by atoms with E-state index >= 15 is 0 Å². The zero-order chi connectivity index (χ0) is 34.8. The van der Waals surface area contributed by atoms with Crippen LogP contribution in [0.25, 0.3) is 11.1 Å². The van der Waals surface area contributed by atoms with E-state index in [9.17, 15) is 0 Å². The minimum absolute atomic E-state index is 0.200. The van der Waals surface area contributed by atoms with E-state index in [1.807, 2.05) is 0 Å². The Kier molecular flexibility index (Phi) is 7.20. The van der Waals surface area contributed by atoms with Crippen molar-refractivity contribution in [3.05, 3.63) is 192 Å². The average molecular weight is 677 g/mol. The summed E-state index contributed by atoms with van der Waals surface area (Å²) in [6, 6.07) is 61.9. The Morgan fingerprint density at radius 2 is 0.843 bits per heavy atom. The maximum absolute atomic E-state index is 7.07. The molecule has 2 aliphatic rings. The molecular weight excluding hydrogens is 637 g/mol. The lowest BCUT2D eigenvalue weighted by molar-refractivity contribution is 0.419. The molecule has 7 aromatic carbocycles. The maximum atomic E-state index is 7.07. The van der Waals surface area contributed by atoms with E-state index in [4.69, 9.17) is 9.47 Å². The highest BCUT2D eigenvalue weighted by molar-refractivity contribution is 7.20. The molecule has 0 bridgehead atoms. The summed E-state index contributed by atoms with van der Waals surface area (Å²) >= 11 is 0. The number of para-hydroxylation sites is 4. The molecule has 0 unspecified atom stereocenters. The Hall–Kier alpha value is -5.64. The molecule has 3 heteroatoms. The number of hydrogen-bond donors (Lipinski definition) is 0. The van der Waals surface area contributed by atoms with Gasteiger partial charge in [-0.15, -0.1) is 0 Å². The first-order valence-corrected chi connectivity index (χ1v) is 19.9. The number of rotatable bonds is 5. The van der Waals surface area contributed by atoms with Gasteiger partial charge in [0.1, 0.15) is 23.0 Å². The Morgan fingerprint density at radius 1 is 0.392 bits per heavy atom. The van der Waals surface area contributed by atoms with Crippen molar-refractivity contribution in [3.8, 4) is 34.1 Å². The van der Waals surface area contributed by atoms with Crippen LogP contribution in [0, 0.1) is 0 Å². The van der Waals surface area contributed by atoms with Crippen molar-refractivity contribution >= 4 is 28.8 Å². The van der Waals surface area contributed by atoms with Crippen LogP contribution in [0.15, 0.2) is 170 Å². The predicted molar refractivity (Wildman–Crippen MR) is 213 cm³/mol. The quantitative estimate of drug-likeness (QED) is 0.134. The lowest BCUT2D eigenvalue weighted by atomic mass is 9.75. The van der Waals surface area contributed by atoms with Gasteiger partial charge in [-0.1, -0.05) is 185 Å². The zero-order valence-electron chi connectivity index (χ0n) is 29.5. The lowest BCUT2D eigenvalue weighted by Crippen LogP contribution is -2.75.